The van der Waals surface area contributed by atoms with Gasteiger partial charge in [0.15, 0.2) is 0 Å². The Morgan fingerprint density at radius 3 is 2.90 bits per heavy atom. The van der Waals surface area contributed by atoms with Gasteiger partial charge in [-0.3, -0.25) is 0 Å². The molecule has 10 heavy (non-hydrogen) atoms. The van der Waals surface area contributed by atoms with Gasteiger partial charge in [0.25, 0.3) is 0 Å². The molecule has 0 bridgehead atoms. The van der Waals surface area contributed by atoms with E-state index in [4.69, 9.17) is 5.11 Å². The highest BCUT2D eigenvalue weighted by molar-refractivity contribution is 5.05. The van der Waals surface area contributed by atoms with Crippen LogP contribution in [0, 0.1) is 11.8 Å². The van der Waals surface area contributed by atoms with Gasteiger partial charge in [0.05, 0.1) is 0 Å². The molecule has 0 heterocycles. The highest BCUT2D eigenvalue weighted by Gasteiger charge is 2.18. The Balaban J connectivity index is 2.55. The van der Waals surface area contributed by atoms with Crippen molar-refractivity contribution in [3.8, 4) is 0 Å². The standard InChI is InChI=1S/C9H16O/c1-7-3-4-9(6-10)8(2)5-7/h5,8-10H,3-4,6H2,1-2H3/t8-,9-/m1/s1. The maximum Gasteiger partial charge on any atom is 0.0464 e. The first-order chi connectivity index (χ1) is 4.74. The fourth-order valence-electron chi connectivity index (χ4n) is 1.60. The maximum absolute atomic E-state index is 8.92. The predicted molar refractivity (Wildman–Crippen MR) is 42.7 cm³/mol. The van der Waals surface area contributed by atoms with Crippen LogP contribution in [0.2, 0.25) is 0 Å². The van der Waals surface area contributed by atoms with E-state index in [1.54, 1.807) is 0 Å². The average molecular weight is 140 g/mol. The monoisotopic (exact) mass is 140 g/mol. The van der Waals surface area contributed by atoms with Crippen molar-refractivity contribution in [2.24, 2.45) is 11.8 Å². The summed E-state index contributed by atoms with van der Waals surface area (Å²) in [6.45, 7) is 4.71. The summed E-state index contributed by atoms with van der Waals surface area (Å²) in [4.78, 5) is 0. The third kappa shape index (κ3) is 1.60. The SMILES string of the molecule is CC1=C[C@@H](C)[C@@H](CO)CC1. The second-order valence-electron chi connectivity index (χ2n) is 3.35. The summed E-state index contributed by atoms with van der Waals surface area (Å²) in [5, 5.41) is 8.92. The smallest absolute Gasteiger partial charge is 0.0464 e. The van der Waals surface area contributed by atoms with Gasteiger partial charge in [-0.05, 0) is 31.6 Å². The van der Waals surface area contributed by atoms with Crippen LogP contribution in [0.15, 0.2) is 11.6 Å². The molecule has 0 saturated carbocycles. The first-order valence-electron chi connectivity index (χ1n) is 4.02. The molecule has 1 nitrogen and oxygen atoms in total. The Morgan fingerprint density at radius 2 is 2.40 bits per heavy atom. The van der Waals surface area contributed by atoms with Gasteiger partial charge in [-0.25, -0.2) is 0 Å². The van der Waals surface area contributed by atoms with Crippen molar-refractivity contribution >= 4 is 0 Å². The molecule has 1 aliphatic rings. The summed E-state index contributed by atoms with van der Waals surface area (Å²) in [5.74, 6) is 1.10. The van der Waals surface area contributed by atoms with E-state index in [-0.39, 0.29) is 0 Å². The molecule has 0 fully saturated rings. The molecule has 0 aliphatic heterocycles. The normalized spacial score (nSPS) is 33.7. The molecule has 2 atom stereocenters. The Hall–Kier alpha value is -0.300. The third-order valence-electron chi connectivity index (χ3n) is 2.43. The fourth-order valence-corrected chi connectivity index (χ4v) is 1.60. The lowest BCUT2D eigenvalue weighted by Gasteiger charge is -2.24. The zero-order valence-electron chi connectivity index (χ0n) is 6.80. The van der Waals surface area contributed by atoms with Gasteiger partial charge in [-0.1, -0.05) is 18.6 Å². The second-order valence-corrected chi connectivity index (χ2v) is 3.35. The number of aliphatic hydroxyl groups is 1. The van der Waals surface area contributed by atoms with Crippen LogP contribution in [-0.2, 0) is 0 Å². The van der Waals surface area contributed by atoms with E-state index in [1.165, 1.54) is 18.4 Å². The van der Waals surface area contributed by atoms with Crippen LogP contribution in [-0.4, -0.2) is 11.7 Å². The van der Waals surface area contributed by atoms with Crippen molar-refractivity contribution in [3.63, 3.8) is 0 Å². The third-order valence-corrected chi connectivity index (χ3v) is 2.43. The Kier molecular flexibility index (Phi) is 2.50. The molecule has 1 rings (SSSR count). The van der Waals surface area contributed by atoms with E-state index < -0.39 is 0 Å². The zero-order valence-corrected chi connectivity index (χ0v) is 6.80. The van der Waals surface area contributed by atoms with Crippen molar-refractivity contribution in [1.29, 1.82) is 0 Å². The molecule has 1 aliphatic carbocycles. The number of hydrogen-bond acceptors (Lipinski definition) is 1. The molecule has 0 aromatic heterocycles. The van der Waals surface area contributed by atoms with E-state index in [2.05, 4.69) is 19.9 Å². The van der Waals surface area contributed by atoms with Gasteiger partial charge >= 0.3 is 0 Å². The quantitative estimate of drug-likeness (QED) is 0.552. The highest BCUT2D eigenvalue weighted by atomic mass is 16.3. The van der Waals surface area contributed by atoms with Crippen LogP contribution in [0.25, 0.3) is 0 Å². The summed E-state index contributed by atoms with van der Waals surface area (Å²) in [6, 6.07) is 0. The molecule has 0 amide bonds. The number of hydrogen-bond donors (Lipinski definition) is 1. The summed E-state index contributed by atoms with van der Waals surface area (Å²) in [7, 11) is 0. The van der Waals surface area contributed by atoms with Crippen LogP contribution >= 0.6 is 0 Å². The molecule has 0 saturated heterocycles. The van der Waals surface area contributed by atoms with Gasteiger partial charge < -0.3 is 5.11 Å². The van der Waals surface area contributed by atoms with Crippen molar-refractivity contribution in [2.75, 3.05) is 6.61 Å². The molecule has 0 aromatic carbocycles. The lowest BCUT2D eigenvalue weighted by molar-refractivity contribution is 0.186. The number of aliphatic hydroxyl groups excluding tert-OH is 1. The van der Waals surface area contributed by atoms with Crippen molar-refractivity contribution in [2.45, 2.75) is 26.7 Å². The number of allylic oxidation sites excluding steroid dienone is 2. The van der Waals surface area contributed by atoms with E-state index >= 15 is 0 Å². The van der Waals surface area contributed by atoms with Gasteiger partial charge in [0, 0.05) is 6.61 Å². The van der Waals surface area contributed by atoms with Gasteiger partial charge in [0.2, 0.25) is 0 Å². The van der Waals surface area contributed by atoms with Crippen molar-refractivity contribution in [1.82, 2.24) is 0 Å². The zero-order chi connectivity index (χ0) is 7.56. The Bertz CT molecular complexity index is 138. The van der Waals surface area contributed by atoms with E-state index in [1.807, 2.05) is 0 Å². The van der Waals surface area contributed by atoms with Gasteiger partial charge in [-0.2, -0.15) is 0 Å². The highest BCUT2D eigenvalue weighted by Crippen LogP contribution is 2.27. The molecule has 0 radical (unpaired) electrons. The van der Waals surface area contributed by atoms with Crippen LogP contribution < -0.4 is 0 Å². The van der Waals surface area contributed by atoms with Crippen LogP contribution in [0.3, 0.4) is 0 Å². The summed E-state index contributed by atoms with van der Waals surface area (Å²) in [6.07, 6.45) is 4.62. The van der Waals surface area contributed by atoms with Crippen LogP contribution in [0.1, 0.15) is 26.7 Å². The molecule has 0 unspecified atom stereocenters. The number of rotatable bonds is 1. The van der Waals surface area contributed by atoms with E-state index in [9.17, 15) is 0 Å². The molecule has 58 valence electrons. The summed E-state index contributed by atoms with van der Waals surface area (Å²) in [5.41, 5.74) is 1.48. The molecular formula is C9H16O. The first-order valence-corrected chi connectivity index (χ1v) is 4.02. The summed E-state index contributed by atoms with van der Waals surface area (Å²) >= 11 is 0. The van der Waals surface area contributed by atoms with Gasteiger partial charge in [0.1, 0.15) is 0 Å². The fraction of sp³-hybridized carbons (Fsp3) is 0.778. The van der Waals surface area contributed by atoms with Gasteiger partial charge in [-0.15, -0.1) is 0 Å². The molecule has 0 spiro atoms. The molecular weight excluding hydrogens is 124 g/mol. The van der Waals surface area contributed by atoms with Crippen molar-refractivity contribution < 1.29 is 5.11 Å². The second kappa shape index (κ2) is 3.20. The Morgan fingerprint density at radius 1 is 1.70 bits per heavy atom. The van der Waals surface area contributed by atoms with Crippen molar-refractivity contribution in [3.05, 3.63) is 11.6 Å². The maximum atomic E-state index is 8.92. The topological polar surface area (TPSA) is 20.2 Å². The van der Waals surface area contributed by atoms with Crippen LogP contribution in [0.5, 0.6) is 0 Å². The van der Waals surface area contributed by atoms with E-state index in [0.29, 0.717) is 18.4 Å². The van der Waals surface area contributed by atoms with Crippen LogP contribution in [0.4, 0.5) is 0 Å². The predicted octanol–water partition coefficient (Wildman–Crippen LogP) is 1.97. The molecule has 1 N–H and O–H groups in total. The minimum Gasteiger partial charge on any atom is -0.396 e. The summed E-state index contributed by atoms with van der Waals surface area (Å²) < 4.78 is 0. The minimum absolute atomic E-state index is 0.352. The molecule has 0 aromatic rings. The molecule has 1 heteroatoms. The Labute approximate surface area is 62.8 Å². The lowest BCUT2D eigenvalue weighted by atomic mass is 9.83. The largest absolute Gasteiger partial charge is 0.396 e. The van der Waals surface area contributed by atoms with E-state index in [0.717, 1.165) is 0 Å². The first kappa shape index (κ1) is 7.80. The minimum atomic E-state index is 0.352. The average Bonchev–Trinajstić information content (AvgIpc) is 1.88. The lowest BCUT2D eigenvalue weighted by Crippen LogP contribution is -2.17.